The molecule has 1 unspecified atom stereocenters. The number of carbonyl (C=O) groups excluding carboxylic acids is 1. The maximum absolute atomic E-state index is 11.8. The van der Waals surface area contributed by atoms with Crippen LogP contribution in [-0.2, 0) is 4.79 Å². The predicted octanol–water partition coefficient (Wildman–Crippen LogP) is 4.89. The van der Waals surface area contributed by atoms with Crippen molar-refractivity contribution in [3.8, 4) is 16.9 Å². The van der Waals surface area contributed by atoms with E-state index in [1.807, 2.05) is 60.1 Å². The normalized spacial score (nSPS) is 15.8. The van der Waals surface area contributed by atoms with E-state index < -0.39 is 0 Å². The average molecular weight is 481 g/mol. The fraction of sp³-hybridized carbons (Fsp3) is 0.250. The third-order valence-electron chi connectivity index (χ3n) is 5.81. The zero-order chi connectivity index (χ0) is 22.9. The first-order chi connectivity index (χ1) is 16.0. The van der Waals surface area contributed by atoms with E-state index in [0.717, 1.165) is 41.2 Å². The minimum atomic E-state index is 0.0581. The Kier molecular flexibility index (Phi) is 5.91. The molecule has 1 N–H and O–H groups in total. The smallest absolute Gasteiger partial charge is 0.219 e. The Labute approximate surface area is 201 Å². The molecule has 0 aliphatic carbocycles. The van der Waals surface area contributed by atoms with Gasteiger partial charge in [0.25, 0.3) is 0 Å². The first-order valence-electron chi connectivity index (χ1n) is 10.8. The molecular weight excluding hydrogens is 459 g/mol. The van der Waals surface area contributed by atoms with Gasteiger partial charge in [0.05, 0.1) is 10.7 Å². The molecule has 33 heavy (non-hydrogen) atoms. The number of hydrogen-bond acceptors (Lipinski definition) is 5. The number of benzene rings is 2. The van der Waals surface area contributed by atoms with Crippen molar-refractivity contribution in [1.29, 1.82) is 0 Å². The van der Waals surface area contributed by atoms with Gasteiger partial charge in [-0.2, -0.15) is 5.10 Å². The Balaban J connectivity index is 1.64. The Bertz CT molecular complexity index is 1320. The molecule has 4 aromatic rings. The summed E-state index contributed by atoms with van der Waals surface area (Å²) in [5, 5.41) is 9.25. The second-order valence-electron chi connectivity index (χ2n) is 7.97. The molecule has 0 bridgehead atoms. The summed E-state index contributed by atoms with van der Waals surface area (Å²) in [7, 11) is 0. The summed E-state index contributed by atoms with van der Waals surface area (Å²) >= 11 is 12.7. The number of para-hydroxylation sites is 1. The topological polar surface area (TPSA) is 75.9 Å². The van der Waals surface area contributed by atoms with E-state index in [1.54, 1.807) is 6.33 Å². The first-order valence-corrected chi connectivity index (χ1v) is 11.6. The second-order valence-corrected chi connectivity index (χ2v) is 8.81. The van der Waals surface area contributed by atoms with Crippen LogP contribution in [0.25, 0.3) is 28.0 Å². The van der Waals surface area contributed by atoms with Crippen LogP contribution in [0.1, 0.15) is 19.8 Å². The van der Waals surface area contributed by atoms with Gasteiger partial charge in [0, 0.05) is 36.1 Å². The first kappa shape index (κ1) is 21.7. The van der Waals surface area contributed by atoms with Gasteiger partial charge in [0.1, 0.15) is 17.5 Å². The van der Waals surface area contributed by atoms with E-state index >= 15 is 0 Å². The molecule has 0 spiro atoms. The van der Waals surface area contributed by atoms with Gasteiger partial charge in [-0.05, 0) is 30.7 Å². The molecule has 168 valence electrons. The molecule has 7 nitrogen and oxygen atoms in total. The van der Waals surface area contributed by atoms with Gasteiger partial charge in [0.2, 0.25) is 5.91 Å². The van der Waals surface area contributed by atoms with Crippen molar-refractivity contribution in [1.82, 2.24) is 25.1 Å². The van der Waals surface area contributed by atoms with Crippen molar-refractivity contribution in [2.45, 2.75) is 25.8 Å². The Hall–Kier alpha value is -3.16. The number of hydrogen-bond donors (Lipinski definition) is 1. The molecule has 5 rings (SSSR count). The molecule has 0 saturated carbocycles. The van der Waals surface area contributed by atoms with E-state index in [-0.39, 0.29) is 11.9 Å². The van der Waals surface area contributed by atoms with Crippen molar-refractivity contribution in [2.24, 2.45) is 0 Å². The fourth-order valence-corrected chi connectivity index (χ4v) is 4.52. The molecule has 9 heteroatoms. The molecule has 1 fully saturated rings. The van der Waals surface area contributed by atoms with Crippen molar-refractivity contribution in [2.75, 3.05) is 18.0 Å². The number of amides is 1. The van der Waals surface area contributed by atoms with Gasteiger partial charge >= 0.3 is 0 Å². The van der Waals surface area contributed by atoms with Crippen LogP contribution < -0.4 is 10.2 Å². The molecule has 1 saturated heterocycles. The summed E-state index contributed by atoms with van der Waals surface area (Å²) < 4.78 is 1.82. The van der Waals surface area contributed by atoms with Crippen molar-refractivity contribution >= 4 is 46.0 Å². The lowest BCUT2D eigenvalue weighted by molar-refractivity contribution is -0.121. The maximum Gasteiger partial charge on any atom is 0.219 e. The van der Waals surface area contributed by atoms with Gasteiger partial charge in [-0.15, -0.1) is 0 Å². The fourth-order valence-electron chi connectivity index (χ4n) is 4.18. The van der Waals surface area contributed by atoms with Crippen LogP contribution in [0, 0.1) is 0 Å². The highest BCUT2D eigenvalue weighted by atomic mass is 35.5. The molecule has 3 heterocycles. The number of aromatic nitrogens is 4. The number of anilines is 1. The Morgan fingerprint density at radius 1 is 1.09 bits per heavy atom. The minimum absolute atomic E-state index is 0.0581. The predicted molar refractivity (Wildman–Crippen MR) is 131 cm³/mol. The summed E-state index contributed by atoms with van der Waals surface area (Å²) in [5.74, 6) is 0.803. The van der Waals surface area contributed by atoms with Crippen molar-refractivity contribution in [3.05, 3.63) is 64.9 Å². The zero-order valence-corrected chi connectivity index (χ0v) is 19.5. The number of rotatable bonds is 5. The standard InChI is InChI=1S/C24H22Cl2N6O/c1-2-20(33)29-17-11-12-31(13-17)24-22-21(27-14-28-24)23(15-7-9-16(25)10-8-15)32(30-22)19-6-4-3-5-18(19)26/h3-10,14,17H,2,11-13H2,1H3,(H,29,33). The molecule has 1 atom stereocenters. The molecule has 1 amide bonds. The zero-order valence-electron chi connectivity index (χ0n) is 18.0. The van der Waals surface area contributed by atoms with Crippen molar-refractivity contribution < 1.29 is 4.79 Å². The Morgan fingerprint density at radius 3 is 2.64 bits per heavy atom. The van der Waals surface area contributed by atoms with E-state index in [9.17, 15) is 4.79 Å². The summed E-state index contributed by atoms with van der Waals surface area (Å²) in [6.07, 6.45) is 2.89. The molecule has 2 aromatic carbocycles. The lowest BCUT2D eigenvalue weighted by atomic mass is 10.1. The number of fused-ring (bicyclic) bond motifs is 1. The summed E-state index contributed by atoms with van der Waals surface area (Å²) in [5.41, 5.74) is 3.89. The number of nitrogens with zero attached hydrogens (tertiary/aromatic N) is 5. The number of carbonyl (C=O) groups is 1. The molecule has 0 radical (unpaired) electrons. The van der Waals surface area contributed by atoms with Crippen LogP contribution >= 0.6 is 23.2 Å². The van der Waals surface area contributed by atoms with Gasteiger partial charge in [-0.1, -0.05) is 54.4 Å². The lowest BCUT2D eigenvalue weighted by Gasteiger charge is -2.17. The van der Waals surface area contributed by atoms with Crippen LogP contribution in [0.3, 0.4) is 0 Å². The third kappa shape index (κ3) is 4.14. The minimum Gasteiger partial charge on any atom is -0.353 e. The maximum atomic E-state index is 11.8. The highest BCUT2D eigenvalue weighted by Gasteiger charge is 2.28. The molecule has 1 aliphatic heterocycles. The van der Waals surface area contributed by atoms with E-state index in [1.165, 1.54) is 0 Å². The van der Waals surface area contributed by atoms with Gasteiger partial charge in [-0.3, -0.25) is 4.79 Å². The summed E-state index contributed by atoms with van der Waals surface area (Å²) in [6.45, 7) is 3.30. The second kappa shape index (κ2) is 9.00. The number of halogens is 2. The summed E-state index contributed by atoms with van der Waals surface area (Å²) in [4.78, 5) is 23.2. The molecule has 1 aliphatic rings. The largest absolute Gasteiger partial charge is 0.353 e. The highest BCUT2D eigenvalue weighted by molar-refractivity contribution is 6.32. The lowest BCUT2D eigenvalue weighted by Crippen LogP contribution is -2.36. The van der Waals surface area contributed by atoms with Crippen molar-refractivity contribution in [3.63, 3.8) is 0 Å². The highest BCUT2D eigenvalue weighted by Crippen LogP contribution is 2.36. The van der Waals surface area contributed by atoms with Crippen LogP contribution in [0.15, 0.2) is 54.9 Å². The molecule has 2 aromatic heterocycles. The van der Waals surface area contributed by atoms with Crippen LogP contribution in [0.4, 0.5) is 5.82 Å². The van der Waals surface area contributed by atoms with Gasteiger partial charge in [0.15, 0.2) is 11.3 Å². The van der Waals surface area contributed by atoms with Crippen LogP contribution in [0.5, 0.6) is 0 Å². The SMILES string of the molecule is CCC(=O)NC1CCN(c2ncnc3c(-c4ccc(Cl)cc4)n(-c4ccccc4Cl)nc23)C1. The summed E-state index contributed by atoms with van der Waals surface area (Å²) in [6, 6.07) is 15.2. The Morgan fingerprint density at radius 2 is 1.88 bits per heavy atom. The van der Waals surface area contributed by atoms with Crippen LogP contribution in [-0.4, -0.2) is 44.8 Å². The van der Waals surface area contributed by atoms with Gasteiger partial charge < -0.3 is 10.2 Å². The monoisotopic (exact) mass is 480 g/mol. The van der Waals surface area contributed by atoms with E-state index in [2.05, 4.69) is 20.2 Å². The van der Waals surface area contributed by atoms with Gasteiger partial charge in [-0.25, -0.2) is 14.6 Å². The van der Waals surface area contributed by atoms with Crippen LogP contribution in [0.2, 0.25) is 10.0 Å². The average Bonchev–Trinajstić information content (AvgIpc) is 3.44. The number of nitrogens with one attached hydrogen (secondary N) is 1. The van der Waals surface area contributed by atoms with E-state index in [0.29, 0.717) is 28.5 Å². The third-order valence-corrected chi connectivity index (χ3v) is 6.38. The van der Waals surface area contributed by atoms with E-state index in [4.69, 9.17) is 28.3 Å². The quantitative estimate of drug-likeness (QED) is 0.439. The molecular formula is C24H22Cl2N6O.